The van der Waals surface area contributed by atoms with Gasteiger partial charge in [0.1, 0.15) is 6.61 Å². The Bertz CT molecular complexity index is 967. The van der Waals surface area contributed by atoms with Crippen LogP contribution in [-0.2, 0) is 20.9 Å². The summed E-state index contributed by atoms with van der Waals surface area (Å²) in [4.78, 5) is 32.5. The molecule has 6 nitrogen and oxygen atoms in total. The predicted molar refractivity (Wildman–Crippen MR) is 116 cm³/mol. The maximum Gasteiger partial charge on any atom is 0.359 e. The molecular weight excluding hydrogens is 378 g/mol. The van der Waals surface area contributed by atoms with Crippen LogP contribution in [0.3, 0.4) is 0 Å². The highest BCUT2D eigenvalue weighted by Crippen LogP contribution is 2.35. The van der Waals surface area contributed by atoms with Gasteiger partial charge in [0.2, 0.25) is 0 Å². The first-order chi connectivity index (χ1) is 14.5. The number of rotatable bonds is 4. The SMILES string of the molecule is CN1C(=O)C(N)(C(=O)OCc2ccccc2)N=C(C2CCCCC2)c2ccccc21. The lowest BCUT2D eigenvalue weighted by molar-refractivity contribution is -0.154. The lowest BCUT2D eigenvalue weighted by atomic mass is 9.82. The first-order valence-electron chi connectivity index (χ1n) is 10.5. The van der Waals surface area contributed by atoms with Crippen LogP contribution in [0.25, 0.3) is 0 Å². The molecule has 1 heterocycles. The second-order valence-corrected chi connectivity index (χ2v) is 8.04. The molecule has 30 heavy (non-hydrogen) atoms. The van der Waals surface area contributed by atoms with Gasteiger partial charge in [-0.2, -0.15) is 0 Å². The summed E-state index contributed by atoms with van der Waals surface area (Å²) < 4.78 is 5.46. The summed E-state index contributed by atoms with van der Waals surface area (Å²) in [5.74, 6) is -1.24. The number of carbonyl (C=O) groups is 2. The van der Waals surface area contributed by atoms with Gasteiger partial charge >= 0.3 is 5.97 Å². The molecule has 156 valence electrons. The summed E-state index contributed by atoms with van der Waals surface area (Å²) >= 11 is 0. The van der Waals surface area contributed by atoms with E-state index in [0.29, 0.717) is 0 Å². The number of hydrogen-bond donors (Lipinski definition) is 1. The molecule has 0 bridgehead atoms. The minimum Gasteiger partial charge on any atom is -0.458 e. The highest BCUT2D eigenvalue weighted by molar-refractivity contribution is 6.21. The zero-order chi connectivity index (χ0) is 21.1. The summed E-state index contributed by atoms with van der Waals surface area (Å²) in [6.45, 7) is 0.0385. The van der Waals surface area contributed by atoms with Gasteiger partial charge in [-0.05, 0) is 24.5 Å². The molecule has 2 N–H and O–H groups in total. The van der Waals surface area contributed by atoms with Gasteiger partial charge in [0, 0.05) is 18.5 Å². The van der Waals surface area contributed by atoms with Gasteiger partial charge in [-0.3, -0.25) is 10.5 Å². The number of esters is 1. The van der Waals surface area contributed by atoms with Gasteiger partial charge in [0.25, 0.3) is 11.6 Å². The van der Waals surface area contributed by atoms with E-state index in [0.717, 1.165) is 48.2 Å². The number of benzodiazepines with no additional fused rings is 1. The molecule has 1 aliphatic carbocycles. The Morgan fingerprint density at radius 3 is 2.50 bits per heavy atom. The predicted octanol–water partition coefficient (Wildman–Crippen LogP) is 3.43. The highest BCUT2D eigenvalue weighted by atomic mass is 16.5. The van der Waals surface area contributed by atoms with Crippen LogP contribution >= 0.6 is 0 Å². The third kappa shape index (κ3) is 3.75. The van der Waals surface area contributed by atoms with Crippen molar-refractivity contribution < 1.29 is 14.3 Å². The van der Waals surface area contributed by atoms with Crippen LogP contribution in [0, 0.1) is 5.92 Å². The summed E-state index contributed by atoms with van der Waals surface area (Å²) in [5.41, 5.74) is 7.46. The first kappa shape index (κ1) is 20.3. The molecule has 2 aromatic rings. The largest absolute Gasteiger partial charge is 0.458 e. The van der Waals surface area contributed by atoms with Gasteiger partial charge in [-0.15, -0.1) is 0 Å². The smallest absolute Gasteiger partial charge is 0.359 e. The number of ether oxygens (including phenoxy) is 1. The van der Waals surface area contributed by atoms with E-state index < -0.39 is 17.5 Å². The van der Waals surface area contributed by atoms with Crippen LogP contribution in [0.2, 0.25) is 0 Å². The van der Waals surface area contributed by atoms with Crippen molar-refractivity contribution in [3.63, 3.8) is 0 Å². The summed E-state index contributed by atoms with van der Waals surface area (Å²) in [7, 11) is 1.63. The Morgan fingerprint density at radius 1 is 1.10 bits per heavy atom. The summed E-state index contributed by atoms with van der Waals surface area (Å²) in [5, 5.41) is 0. The molecule has 0 radical (unpaired) electrons. The standard InChI is InChI=1S/C24H27N3O3/c1-27-20-15-9-8-14-19(20)21(18-12-6-3-7-13-18)26-24(25,22(27)28)23(29)30-16-17-10-4-2-5-11-17/h2,4-5,8-11,14-15,18H,3,6-7,12-13,16,25H2,1H3. The molecule has 1 aliphatic heterocycles. The second kappa shape index (κ2) is 8.40. The van der Waals surface area contributed by atoms with Crippen LogP contribution < -0.4 is 10.6 Å². The Kier molecular flexibility index (Phi) is 5.68. The molecule has 1 atom stereocenters. The van der Waals surface area contributed by atoms with Crippen molar-refractivity contribution >= 4 is 23.3 Å². The number of carbonyl (C=O) groups excluding carboxylic acids is 2. The summed E-state index contributed by atoms with van der Waals surface area (Å²) in [6, 6.07) is 16.9. The third-order valence-electron chi connectivity index (χ3n) is 5.98. The number of fused-ring (bicyclic) bond motifs is 1. The van der Waals surface area contributed by atoms with E-state index >= 15 is 0 Å². The van der Waals surface area contributed by atoms with Crippen LogP contribution in [0.15, 0.2) is 59.6 Å². The average Bonchev–Trinajstić information content (AvgIpc) is 2.88. The molecule has 0 spiro atoms. The second-order valence-electron chi connectivity index (χ2n) is 8.04. The maximum atomic E-state index is 13.3. The van der Waals surface area contributed by atoms with Crippen molar-refractivity contribution in [3.8, 4) is 0 Å². The minimum atomic E-state index is -2.10. The Hall–Kier alpha value is -2.99. The Balaban J connectivity index is 1.72. The number of anilines is 1. The third-order valence-corrected chi connectivity index (χ3v) is 5.98. The number of aliphatic imine (C=N–C) groups is 1. The van der Waals surface area contributed by atoms with Gasteiger partial charge in [0.15, 0.2) is 0 Å². The average molecular weight is 405 g/mol. The van der Waals surface area contributed by atoms with E-state index in [1.54, 1.807) is 7.05 Å². The lowest BCUT2D eigenvalue weighted by Gasteiger charge is -2.26. The molecule has 2 aromatic carbocycles. The number of para-hydroxylation sites is 1. The number of nitrogens with two attached hydrogens (primary N) is 1. The van der Waals surface area contributed by atoms with Crippen molar-refractivity contribution in [2.24, 2.45) is 16.6 Å². The van der Waals surface area contributed by atoms with Crippen LogP contribution in [-0.4, -0.2) is 30.3 Å². The Morgan fingerprint density at radius 2 is 1.77 bits per heavy atom. The van der Waals surface area contributed by atoms with E-state index in [2.05, 4.69) is 4.99 Å². The van der Waals surface area contributed by atoms with E-state index in [1.165, 1.54) is 11.3 Å². The minimum absolute atomic E-state index is 0.0385. The molecule has 6 heteroatoms. The fraction of sp³-hybridized carbons (Fsp3) is 0.375. The van der Waals surface area contributed by atoms with Crippen molar-refractivity contribution in [3.05, 3.63) is 65.7 Å². The van der Waals surface area contributed by atoms with Crippen LogP contribution in [0.1, 0.15) is 43.2 Å². The molecule has 2 aliphatic rings. The zero-order valence-electron chi connectivity index (χ0n) is 17.2. The van der Waals surface area contributed by atoms with Crippen molar-refractivity contribution in [2.45, 2.75) is 44.4 Å². The van der Waals surface area contributed by atoms with E-state index in [-0.39, 0.29) is 12.5 Å². The van der Waals surface area contributed by atoms with Crippen molar-refractivity contribution in [2.75, 3.05) is 11.9 Å². The zero-order valence-corrected chi connectivity index (χ0v) is 17.2. The lowest BCUT2D eigenvalue weighted by Crippen LogP contribution is -2.59. The van der Waals surface area contributed by atoms with Crippen molar-refractivity contribution in [1.29, 1.82) is 0 Å². The molecule has 0 saturated heterocycles. The fourth-order valence-electron chi connectivity index (χ4n) is 4.30. The van der Waals surface area contributed by atoms with Crippen LogP contribution in [0.5, 0.6) is 0 Å². The summed E-state index contributed by atoms with van der Waals surface area (Å²) in [6.07, 6.45) is 5.34. The molecule has 1 fully saturated rings. The molecule has 0 aromatic heterocycles. The quantitative estimate of drug-likeness (QED) is 0.624. The molecule has 4 rings (SSSR count). The fourth-order valence-corrected chi connectivity index (χ4v) is 4.30. The van der Waals surface area contributed by atoms with Gasteiger partial charge in [-0.1, -0.05) is 67.8 Å². The van der Waals surface area contributed by atoms with E-state index in [1.807, 2.05) is 54.6 Å². The molecule has 1 saturated carbocycles. The van der Waals surface area contributed by atoms with Crippen LogP contribution in [0.4, 0.5) is 5.69 Å². The van der Waals surface area contributed by atoms with E-state index in [4.69, 9.17) is 10.5 Å². The monoisotopic (exact) mass is 405 g/mol. The normalized spacial score (nSPS) is 22.1. The topological polar surface area (TPSA) is 85.0 Å². The van der Waals surface area contributed by atoms with Gasteiger partial charge in [0.05, 0.1) is 11.4 Å². The van der Waals surface area contributed by atoms with E-state index in [9.17, 15) is 9.59 Å². The van der Waals surface area contributed by atoms with Crippen molar-refractivity contribution in [1.82, 2.24) is 0 Å². The number of amides is 1. The molecule has 1 amide bonds. The number of benzene rings is 2. The molecular formula is C24H27N3O3. The highest BCUT2D eigenvalue weighted by Gasteiger charge is 2.49. The van der Waals surface area contributed by atoms with Gasteiger partial charge < -0.3 is 9.64 Å². The Labute approximate surface area is 176 Å². The number of nitrogens with zero attached hydrogens (tertiary/aromatic N) is 2. The van der Waals surface area contributed by atoms with Gasteiger partial charge in [-0.25, -0.2) is 9.79 Å². The number of likely N-dealkylation sites (N-methyl/N-ethyl adjacent to an activating group) is 1. The maximum absolute atomic E-state index is 13.3. The molecule has 1 unspecified atom stereocenters. The first-order valence-corrected chi connectivity index (χ1v) is 10.5. The number of hydrogen-bond acceptors (Lipinski definition) is 5.